The number of carbonyl (C=O) groups excluding carboxylic acids is 1. The number of ketones is 1. The van der Waals surface area contributed by atoms with Gasteiger partial charge in [0.15, 0.2) is 5.78 Å². The first kappa shape index (κ1) is 12.2. The van der Waals surface area contributed by atoms with E-state index < -0.39 is 5.97 Å². The highest BCUT2D eigenvalue weighted by molar-refractivity contribution is 5.89. The van der Waals surface area contributed by atoms with Crippen LogP contribution in [0.5, 0.6) is 0 Å². The van der Waals surface area contributed by atoms with Crippen LogP contribution in [0.25, 0.3) is 0 Å². The SMILES string of the molecule is COCC(=O)CNc1cccc(C(=O)O)c1. The van der Waals surface area contributed by atoms with E-state index in [1.807, 2.05) is 0 Å². The number of rotatable bonds is 6. The molecule has 0 aliphatic heterocycles. The van der Waals surface area contributed by atoms with Crippen LogP contribution in [0.15, 0.2) is 24.3 Å². The lowest BCUT2D eigenvalue weighted by Gasteiger charge is -2.05. The van der Waals surface area contributed by atoms with Gasteiger partial charge in [-0.3, -0.25) is 4.79 Å². The summed E-state index contributed by atoms with van der Waals surface area (Å²) in [6.07, 6.45) is 0. The zero-order chi connectivity index (χ0) is 12.0. The van der Waals surface area contributed by atoms with Crippen molar-refractivity contribution in [1.29, 1.82) is 0 Å². The maximum absolute atomic E-state index is 11.1. The molecule has 0 heterocycles. The van der Waals surface area contributed by atoms with E-state index in [-0.39, 0.29) is 24.5 Å². The van der Waals surface area contributed by atoms with Gasteiger partial charge >= 0.3 is 5.97 Å². The number of hydrogen-bond donors (Lipinski definition) is 2. The van der Waals surface area contributed by atoms with Crippen molar-refractivity contribution in [2.45, 2.75) is 0 Å². The monoisotopic (exact) mass is 223 g/mol. The fourth-order valence-electron chi connectivity index (χ4n) is 1.17. The second kappa shape index (κ2) is 5.87. The number of carbonyl (C=O) groups is 2. The van der Waals surface area contributed by atoms with Crippen molar-refractivity contribution in [2.24, 2.45) is 0 Å². The van der Waals surface area contributed by atoms with Crippen LogP contribution in [0, 0.1) is 0 Å². The molecular formula is C11H13NO4. The average molecular weight is 223 g/mol. The molecule has 0 unspecified atom stereocenters. The Morgan fingerprint density at radius 3 is 2.81 bits per heavy atom. The molecule has 5 nitrogen and oxygen atoms in total. The number of ether oxygens (including phenoxy) is 1. The van der Waals surface area contributed by atoms with Crippen LogP contribution in [0.1, 0.15) is 10.4 Å². The van der Waals surface area contributed by atoms with Crippen LogP contribution in [0.4, 0.5) is 5.69 Å². The van der Waals surface area contributed by atoms with E-state index >= 15 is 0 Å². The summed E-state index contributed by atoms with van der Waals surface area (Å²) in [6, 6.07) is 6.28. The van der Waals surface area contributed by atoms with E-state index in [1.165, 1.54) is 19.2 Å². The Labute approximate surface area is 93.0 Å². The Morgan fingerprint density at radius 2 is 2.19 bits per heavy atom. The molecule has 0 aliphatic carbocycles. The van der Waals surface area contributed by atoms with Gasteiger partial charge in [-0.05, 0) is 18.2 Å². The minimum absolute atomic E-state index is 0.0472. The molecule has 0 saturated carbocycles. The third kappa shape index (κ3) is 3.70. The highest BCUT2D eigenvalue weighted by Gasteiger charge is 2.04. The molecule has 2 N–H and O–H groups in total. The average Bonchev–Trinajstić information content (AvgIpc) is 2.27. The number of Topliss-reactive ketones (excluding diaryl/α,β-unsaturated/α-hetero) is 1. The standard InChI is InChI=1S/C11H13NO4/c1-16-7-10(13)6-12-9-4-2-3-8(5-9)11(14)15/h2-5,12H,6-7H2,1H3,(H,14,15). The lowest BCUT2D eigenvalue weighted by atomic mass is 10.2. The summed E-state index contributed by atoms with van der Waals surface area (Å²) in [6.45, 7) is 0.169. The largest absolute Gasteiger partial charge is 0.478 e. The van der Waals surface area contributed by atoms with Crippen LogP contribution >= 0.6 is 0 Å². The Morgan fingerprint density at radius 1 is 1.44 bits per heavy atom. The summed E-state index contributed by atoms with van der Waals surface area (Å²) in [7, 11) is 1.45. The second-order valence-electron chi connectivity index (χ2n) is 3.21. The molecule has 0 radical (unpaired) electrons. The number of carboxylic acids is 1. The number of carboxylic acid groups (broad SMARTS) is 1. The molecule has 0 aliphatic rings. The van der Waals surface area contributed by atoms with E-state index in [9.17, 15) is 9.59 Å². The Hall–Kier alpha value is -1.88. The predicted molar refractivity (Wildman–Crippen MR) is 58.8 cm³/mol. The third-order valence-corrected chi connectivity index (χ3v) is 1.90. The molecule has 1 rings (SSSR count). The fraction of sp³-hybridized carbons (Fsp3) is 0.273. The summed E-state index contributed by atoms with van der Waals surface area (Å²) in [4.78, 5) is 21.8. The van der Waals surface area contributed by atoms with Gasteiger partial charge in [0, 0.05) is 12.8 Å². The van der Waals surface area contributed by atoms with Crippen LogP contribution < -0.4 is 5.32 Å². The quantitative estimate of drug-likeness (QED) is 0.752. The van der Waals surface area contributed by atoms with Crippen LogP contribution in [0.2, 0.25) is 0 Å². The Balaban J connectivity index is 2.57. The summed E-state index contributed by atoms with van der Waals surface area (Å²) in [5.74, 6) is -1.09. The highest BCUT2D eigenvalue weighted by atomic mass is 16.5. The molecule has 0 fully saturated rings. The van der Waals surface area contributed by atoms with Crippen molar-refractivity contribution in [2.75, 3.05) is 25.6 Å². The van der Waals surface area contributed by atoms with Crippen molar-refractivity contribution < 1.29 is 19.4 Å². The number of methoxy groups -OCH3 is 1. The molecule has 1 aromatic rings. The maximum Gasteiger partial charge on any atom is 0.335 e. The van der Waals surface area contributed by atoms with Gasteiger partial charge in [-0.2, -0.15) is 0 Å². The molecule has 1 aromatic carbocycles. The zero-order valence-corrected chi connectivity index (χ0v) is 8.90. The summed E-state index contributed by atoms with van der Waals surface area (Å²) in [5, 5.41) is 11.6. The molecule has 16 heavy (non-hydrogen) atoms. The minimum atomic E-state index is -0.994. The predicted octanol–water partition coefficient (Wildman–Crippen LogP) is 1.01. The van der Waals surface area contributed by atoms with E-state index in [4.69, 9.17) is 5.11 Å². The van der Waals surface area contributed by atoms with Gasteiger partial charge < -0.3 is 15.2 Å². The summed E-state index contributed by atoms with van der Waals surface area (Å²) >= 11 is 0. The van der Waals surface area contributed by atoms with E-state index in [0.29, 0.717) is 5.69 Å². The van der Waals surface area contributed by atoms with Gasteiger partial charge in [0.25, 0.3) is 0 Å². The van der Waals surface area contributed by atoms with E-state index in [1.54, 1.807) is 12.1 Å². The molecule has 0 aromatic heterocycles. The van der Waals surface area contributed by atoms with Crippen LogP contribution in [0.3, 0.4) is 0 Å². The van der Waals surface area contributed by atoms with Gasteiger partial charge in [-0.25, -0.2) is 4.79 Å². The molecular weight excluding hydrogens is 210 g/mol. The van der Waals surface area contributed by atoms with Crippen LogP contribution in [-0.2, 0) is 9.53 Å². The van der Waals surface area contributed by atoms with Gasteiger partial charge in [-0.1, -0.05) is 6.07 Å². The third-order valence-electron chi connectivity index (χ3n) is 1.90. The minimum Gasteiger partial charge on any atom is -0.478 e. The van der Waals surface area contributed by atoms with Gasteiger partial charge in [0.2, 0.25) is 0 Å². The maximum atomic E-state index is 11.1. The number of aromatic carboxylic acids is 1. The molecule has 86 valence electrons. The molecule has 0 bridgehead atoms. The van der Waals surface area contributed by atoms with Gasteiger partial charge in [0.1, 0.15) is 6.61 Å². The normalized spacial score (nSPS) is 9.81. The summed E-state index contributed by atoms with van der Waals surface area (Å²) < 4.78 is 4.67. The van der Waals surface area contributed by atoms with Gasteiger partial charge in [-0.15, -0.1) is 0 Å². The molecule has 0 atom stereocenters. The Kier molecular flexibility index (Phi) is 4.47. The molecule has 0 saturated heterocycles. The highest BCUT2D eigenvalue weighted by Crippen LogP contribution is 2.10. The smallest absolute Gasteiger partial charge is 0.335 e. The molecule has 0 spiro atoms. The Bertz CT molecular complexity index is 389. The number of hydrogen-bond acceptors (Lipinski definition) is 4. The lowest BCUT2D eigenvalue weighted by molar-refractivity contribution is -0.120. The lowest BCUT2D eigenvalue weighted by Crippen LogP contribution is -2.18. The summed E-state index contributed by atoms with van der Waals surface area (Å²) in [5.41, 5.74) is 0.786. The number of benzene rings is 1. The molecule has 0 amide bonds. The van der Waals surface area contributed by atoms with Crippen molar-refractivity contribution in [3.05, 3.63) is 29.8 Å². The van der Waals surface area contributed by atoms with E-state index in [2.05, 4.69) is 10.1 Å². The topological polar surface area (TPSA) is 75.6 Å². The van der Waals surface area contributed by atoms with Crippen molar-refractivity contribution >= 4 is 17.4 Å². The second-order valence-corrected chi connectivity index (χ2v) is 3.21. The first-order chi connectivity index (χ1) is 7.63. The van der Waals surface area contributed by atoms with Crippen molar-refractivity contribution in [3.8, 4) is 0 Å². The van der Waals surface area contributed by atoms with Crippen molar-refractivity contribution in [1.82, 2.24) is 0 Å². The van der Waals surface area contributed by atoms with E-state index in [0.717, 1.165) is 0 Å². The van der Waals surface area contributed by atoms with Gasteiger partial charge in [0.05, 0.1) is 12.1 Å². The first-order valence-electron chi connectivity index (χ1n) is 4.71. The van der Waals surface area contributed by atoms with Crippen molar-refractivity contribution in [3.63, 3.8) is 0 Å². The zero-order valence-electron chi connectivity index (χ0n) is 8.90. The van der Waals surface area contributed by atoms with Crippen LogP contribution in [-0.4, -0.2) is 37.1 Å². The first-order valence-corrected chi connectivity index (χ1v) is 4.71. The fourth-order valence-corrected chi connectivity index (χ4v) is 1.17. The number of nitrogens with one attached hydrogen (secondary N) is 1. The number of anilines is 1. The molecule has 5 heteroatoms.